The number of halogens is 1. The van der Waals surface area contributed by atoms with Crippen LogP contribution in [0.1, 0.15) is 46.6 Å². The van der Waals surface area contributed by atoms with Crippen LogP contribution in [0.2, 0.25) is 0 Å². The van der Waals surface area contributed by atoms with E-state index in [4.69, 9.17) is 0 Å². The minimum absolute atomic E-state index is 0.263. The molecule has 0 aliphatic rings. The minimum atomic E-state index is 0.263. The highest BCUT2D eigenvalue weighted by atomic mass is 127. The summed E-state index contributed by atoms with van der Waals surface area (Å²) in [4.78, 5) is 0. The standard InChI is InChI=1S/C14H21I/c1-13(2,3)10-14(4,5)11-7-6-8-12(15)9-11/h6-9H,10H2,1-5H3. The van der Waals surface area contributed by atoms with Gasteiger partial charge in [-0.3, -0.25) is 0 Å². The SMILES string of the molecule is CC(C)(C)CC(C)(C)c1cccc(I)c1. The van der Waals surface area contributed by atoms with Gasteiger partial charge in [-0.25, -0.2) is 0 Å². The molecule has 0 aliphatic carbocycles. The molecule has 0 bridgehead atoms. The van der Waals surface area contributed by atoms with Crippen LogP contribution in [0.15, 0.2) is 24.3 Å². The molecule has 84 valence electrons. The third kappa shape index (κ3) is 4.13. The van der Waals surface area contributed by atoms with Crippen LogP contribution in [0.25, 0.3) is 0 Å². The molecular weight excluding hydrogens is 295 g/mol. The zero-order chi connectivity index (χ0) is 11.7. The summed E-state index contributed by atoms with van der Waals surface area (Å²) in [6, 6.07) is 8.85. The first-order valence-corrected chi connectivity index (χ1v) is 6.55. The Morgan fingerprint density at radius 1 is 1.07 bits per heavy atom. The summed E-state index contributed by atoms with van der Waals surface area (Å²) in [5, 5.41) is 0. The molecule has 0 N–H and O–H groups in total. The Morgan fingerprint density at radius 2 is 1.67 bits per heavy atom. The Morgan fingerprint density at radius 3 is 2.13 bits per heavy atom. The van der Waals surface area contributed by atoms with Crippen molar-refractivity contribution in [3.63, 3.8) is 0 Å². The number of hydrogen-bond acceptors (Lipinski definition) is 0. The molecule has 1 aromatic carbocycles. The first-order valence-electron chi connectivity index (χ1n) is 5.47. The third-order valence-corrected chi connectivity index (χ3v) is 3.25. The van der Waals surface area contributed by atoms with Crippen LogP contribution in [0.3, 0.4) is 0 Å². The third-order valence-electron chi connectivity index (χ3n) is 2.58. The van der Waals surface area contributed by atoms with Crippen molar-refractivity contribution in [2.45, 2.75) is 46.5 Å². The Balaban J connectivity index is 2.95. The number of rotatable bonds is 2. The van der Waals surface area contributed by atoms with Crippen molar-refractivity contribution >= 4 is 22.6 Å². The van der Waals surface area contributed by atoms with Crippen molar-refractivity contribution in [1.82, 2.24) is 0 Å². The summed E-state index contributed by atoms with van der Waals surface area (Å²) >= 11 is 2.38. The molecule has 0 atom stereocenters. The topological polar surface area (TPSA) is 0 Å². The molecule has 0 heterocycles. The number of hydrogen-bond donors (Lipinski definition) is 0. The van der Waals surface area contributed by atoms with Gasteiger partial charge in [0, 0.05) is 3.57 Å². The van der Waals surface area contributed by atoms with Crippen LogP contribution in [0.5, 0.6) is 0 Å². The fraction of sp³-hybridized carbons (Fsp3) is 0.571. The summed E-state index contributed by atoms with van der Waals surface area (Å²) in [6.07, 6.45) is 1.21. The zero-order valence-electron chi connectivity index (χ0n) is 10.4. The van der Waals surface area contributed by atoms with Gasteiger partial charge in [0.25, 0.3) is 0 Å². The van der Waals surface area contributed by atoms with Crippen LogP contribution in [-0.4, -0.2) is 0 Å². The monoisotopic (exact) mass is 316 g/mol. The summed E-state index contributed by atoms with van der Waals surface area (Å²) in [5.74, 6) is 0. The first-order chi connectivity index (χ1) is 6.71. The van der Waals surface area contributed by atoms with E-state index in [1.165, 1.54) is 15.6 Å². The lowest BCUT2D eigenvalue weighted by Gasteiger charge is -2.33. The van der Waals surface area contributed by atoms with Gasteiger partial charge >= 0.3 is 0 Å². The van der Waals surface area contributed by atoms with E-state index < -0.39 is 0 Å². The summed E-state index contributed by atoms with van der Waals surface area (Å²) < 4.78 is 1.33. The maximum atomic E-state index is 2.38. The van der Waals surface area contributed by atoms with E-state index in [0.717, 1.165) is 0 Å². The average Bonchev–Trinajstić information content (AvgIpc) is 1.99. The van der Waals surface area contributed by atoms with Crippen molar-refractivity contribution < 1.29 is 0 Å². The Kier molecular flexibility index (Phi) is 3.85. The average molecular weight is 316 g/mol. The van der Waals surface area contributed by atoms with Gasteiger partial charge in [0.05, 0.1) is 0 Å². The van der Waals surface area contributed by atoms with E-state index in [-0.39, 0.29) is 5.41 Å². The second-order valence-corrected chi connectivity index (χ2v) is 7.38. The van der Waals surface area contributed by atoms with Crippen LogP contribution in [0, 0.1) is 8.99 Å². The molecule has 0 amide bonds. The van der Waals surface area contributed by atoms with Crippen LogP contribution in [0.4, 0.5) is 0 Å². The van der Waals surface area contributed by atoms with Crippen LogP contribution >= 0.6 is 22.6 Å². The van der Waals surface area contributed by atoms with Gasteiger partial charge in [0.1, 0.15) is 0 Å². The molecule has 1 rings (SSSR count). The molecule has 0 nitrogen and oxygen atoms in total. The molecule has 0 radical (unpaired) electrons. The molecule has 1 aromatic rings. The predicted molar refractivity (Wildman–Crippen MR) is 76.3 cm³/mol. The minimum Gasteiger partial charge on any atom is -0.0609 e. The normalized spacial score (nSPS) is 12.9. The highest BCUT2D eigenvalue weighted by Crippen LogP contribution is 2.36. The molecular formula is C14H21I. The predicted octanol–water partition coefficient (Wildman–Crippen LogP) is 5.01. The fourth-order valence-electron chi connectivity index (χ4n) is 2.34. The molecule has 0 fully saturated rings. The molecule has 0 spiro atoms. The highest BCUT2D eigenvalue weighted by Gasteiger charge is 2.27. The molecule has 0 saturated carbocycles. The van der Waals surface area contributed by atoms with E-state index in [2.05, 4.69) is 81.5 Å². The van der Waals surface area contributed by atoms with E-state index in [1.54, 1.807) is 0 Å². The smallest absolute Gasteiger partial charge is 0.0133 e. The van der Waals surface area contributed by atoms with Gasteiger partial charge < -0.3 is 0 Å². The second kappa shape index (κ2) is 4.44. The highest BCUT2D eigenvalue weighted by molar-refractivity contribution is 14.1. The summed E-state index contributed by atoms with van der Waals surface area (Å²) in [6.45, 7) is 11.6. The fourth-order valence-corrected chi connectivity index (χ4v) is 2.88. The molecule has 0 unspecified atom stereocenters. The molecule has 15 heavy (non-hydrogen) atoms. The van der Waals surface area contributed by atoms with Gasteiger partial charge in [0.15, 0.2) is 0 Å². The van der Waals surface area contributed by atoms with Gasteiger partial charge in [-0.05, 0) is 57.5 Å². The molecule has 0 saturated heterocycles. The van der Waals surface area contributed by atoms with Gasteiger partial charge in [-0.1, -0.05) is 46.8 Å². The van der Waals surface area contributed by atoms with Crippen molar-refractivity contribution in [3.05, 3.63) is 33.4 Å². The first kappa shape index (κ1) is 13.0. The molecule has 0 aliphatic heterocycles. The van der Waals surface area contributed by atoms with Crippen molar-refractivity contribution in [2.75, 3.05) is 0 Å². The summed E-state index contributed by atoms with van der Waals surface area (Å²) in [5.41, 5.74) is 2.09. The Hall–Kier alpha value is -0.0500. The quantitative estimate of drug-likeness (QED) is 0.673. The lowest BCUT2D eigenvalue weighted by Crippen LogP contribution is -2.24. The molecule has 1 heteroatoms. The number of benzene rings is 1. The van der Waals surface area contributed by atoms with Gasteiger partial charge in [0.2, 0.25) is 0 Å². The summed E-state index contributed by atoms with van der Waals surface area (Å²) in [7, 11) is 0. The Bertz CT molecular complexity index is 331. The second-order valence-electron chi connectivity index (χ2n) is 6.13. The molecule has 0 aromatic heterocycles. The van der Waals surface area contributed by atoms with E-state index in [0.29, 0.717) is 5.41 Å². The largest absolute Gasteiger partial charge is 0.0609 e. The van der Waals surface area contributed by atoms with Gasteiger partial charge in [-0.15, -0.1) is 0 Å². The van der Waals surface area contributed by atoms with E-state index >= 15 is 0 Å². The van der Waals surface area contributed by atoms with Crippen molar-refractivity contribution in [2.24, 2.45) is 5.41 Å². The Labute approximate surface area is 108 Å². The maximum absolute atomic E-state index is 2.38. The van der Waals surface area contributed by atoms with Gasteiger partial charge in [-0.2, -0.15) is 0 Å². The van der Waals surface area contributed by atoms with E-state index in [9.17, 15) is 0 Å². The lowest BCUT2D eigenvalue weighted by molar-refractivity contribution is 0.284. The van der Waals surface area contributed by atoms with Crippen LogP contribution in [-0.2, 0) is 5.41 Å². The van der Waals surface area contributed by atoms with Crippen molar-refractivity contribution in [3.8, 4) is 0 Å². The van der Waals surface area contributed by atoms with Crippen molar-refractivity contribution in [1.29, 1.82) is 0 Å². The van der Waals surface area contributed by atoms with Crippen LogP contribution < -0.4 is 0 Å². The lowest BCUT2D eigenvalue weighted by atomic mass is 9.72. The maximum Gasteiger partial charge on any atom is 0.0133 e. The zero-order valence-corrected chi connectivity index (χ0v) is 12.6. The van der Waals surface area contributed by atoms with E-state index in [1.807, 2.05) is 0 Å².